The van der Waals surface area contributed by atoms with Crippen molar-refractivity contribution >= 4 is 29.1 Å². The maximum atomic E-state index is 13.1. The zero-order valence-corrected chi connectivity index (χ0v) is 25.4. The number of fused-ring (bicyclic) bond motifs is 3. The Kier molecular flexibility index (Phi) is 9.70. The van der Waals surface area contributed by atoms with Gasteiger partial charge in [-0.15, -0.1) is 6.58 Å². The molecule has 0 saturated heterocycles. The van der Waals surface area contributed by atoms with Gasteiger partial charge in [-0.05, 0) is 93.3 Å². The van der Waals surface area contributed by atoms with Gasteiger partial charge in [0.1, 0.15) is 5.75 Å². The van der Waals surface area contributed by atoms with E-state index in [0.717, 1.165) is 68.7 Å². The number of hydrogen-bond acceptors (Lipinski definition) is 5. The minimum absolute atomic E-state index is 0.231. The van der Waals surface area contributed by atoms with Gasteiger partial charge in [0.15, 0.2) is 5.60 Å². The van der Waals surface area contributed by atoms with Crippen molar-refractivity contribution in [3.05, 3.63) is 70.8 Å². The third-order valence-electron chi connectivity index (χ3n) is 9.04. The largest absolute Gasteiger partial charge is 0.490 e. The molecule has 2 amide bonds. The van der Waals surface area contributed by atoms with E-state index in [2.05, 4.69) is 23.6 Å². The van der Waals surface area contributed by atoms with Crippen LogP contribution < -0.4 is 15.4 Å². The van der Waals surface area contributed by atoms with Gasteiger partial charge in [-0.1, -0.05) is 36.2 Å². The third kappa shape index (κ3) is 6.12. The monoisotopic (exact) mass is 581 g/mol. The standard InChI is InChI=1S/C33H44ClN3O4/c1-5-7-8-9-10-18-37-21-32(17-11-12-24-19-26(34)14-15-27(24)32)22-41-29-16-13-25(20-28(29)37)33(40,31(35)39)23(3)30(38)36(4)6-2/h5,13-16,19-20,23,40H,1,6-12,17-18,21-22H2,2-4H3,(H2,35,39)/t23-,32+,33?/m1/s1. The average molecular weight is 582 g/mol. The van der Waals surface area contributed by atoms with Crippen LogP contribution in [0.2, 0.25) is 5.02 Å². The van der Waals surface area contributed by atoms with E-state index in [1.165, 1.54) is 16.0 Å². The van der Waals surface area contributed by atoms with Crippen molar-refractivity contribution in [2.24, 2.45) is 11.7 Å². The van der Waals surface area contributed by atoms with Crippen LogP contribution in [0.25, 0.3) is 0 Å². The number of hydrogen-bond donors (Lipinski definition) is 2. The molecule has 0 bridgehead atoms. The maximum Gasteiger partial charge on any atom is 0.254 e. The summed E-state index contributed by atoms with van der Waals surface area (Å²) in [6, 6.07) is 11.4. The lowest BCUT2D eigenvalue weighted by Crippen LogP contribution is -2.52. The number of aliphatic hydroxyl groups is 1. The zero-order valence-electron chi connectivity index (χ0n) is 24.6. The molecular formula is C33H44ClN3O4. The Balaban J connectivity index is 1.76. The number of nitrogens with two attached hydrogens (primary N) is 1. The lowest BCUT2D eigenvalue weighted by molar-refractivity contribution is -0.155. The fourth-order valence-corrected chi connectivity index (χ4v) is 6.62. The van der Waals surface area contributed by atoms with Crippen LogP contribution >= 0.6 is 11.6 Å². The molecule has 222 valence electrons. The second-order valence-electron chi connectivity index (χ2n) is 11.7. The van der Waals surface area contributed by atoms with Crippen molar-refractivity contribution in [2.45, 2.75) is 69.8 Å². The summed E-state index contributed by atoms with van der Waals surface area (Å²) in [7, 11) is 1.65. The average Bonchev–Trinajstić information content (AvgIpc) is 3.12. The molecule has 1 aliphatic heterocycles. The molecule has 1 spiro atoms. The minimum Gasteiger partial charge on any atom is -0.490 e. The second-order valence-corrected chi connectivity index (χ2v) is 12.1. The molecule has 3 atom stereocenters. The molecule has 0 saturated carbocycles. The second kappa shape index (κ2) is 12.9. The van der Waals surface area contributed by atoms with E-state index in [9.17, 15) is 14.7 Å². The molecule has 2 aromatic carbocycles. The Hall–Kier alpha value is -3.03. The van der Waals surface area contributed by atoms with Crippen LogP contribution in [-0.2, 0) is 27.0 Å². The van der Waals surface area contributed by atoms with Crippen LogP contribution in [0, 0.1) is 5.92 Å². The number of rotatable bonds is 11. The van der Waals surface area contributed by atoms with Gasteiger partial charge < -0.3 is 25.4 Å². The molecule has 0 aromatic heterocycles. The van der Waals surface area contributed by atoms with E-state index < -0.39 is 17.4 Å². The van der Waals surface area contributed by atoms with Gasteiger partial charge in [0.2, 0.25) is 5.91 Å². The summed E-state index contributed by atoms with van der Waals surface area (Å²) in [4.78, 5) is 29.7. The number of ether oxygens (including phenoxy) is 1. The lowest BCUT2D eigenvalue weighted by Gasteiger charge is -2.41. The molecule has 1 aliphatic carbocycles. The number of allylic oxidation sites excluding steroid dienone is 1. The van der Waals surface area contributed by atoms with Crippen LogP contribution in [0.4, 0.5) is 5.69 Å². The molecule has 2 aliphatic rings. The first kappa shape index (κ1) is 30.9. The summed E-state index contributed by atoms with van der Waals surface area (Å²) in [6.45, 7) is 9.70. The van der Waals surface area contributed by atoms with Crippen molar-refractivity contribution in [3.63, 3.8) is 0 Å². The molecule has 2 aromatic rings. The van der Waals surface area contributed by atoms with Crippen LogP contribution in [-0.4, -0.2) is 55.1 Å². The number of primary amides is 1. The van der Waals surface area contributed by atoms with Gasteiger partial charge >= 0.3 is 0 Å². The van der Waals surface area contributed by atoms with Gasteiger partial charge in [-0.25, -0.2) is 0 Å². The topological polar surface area (TPSA) is 96.1 Å². The van der Waals surface area contributed by atoms with Gasteiger partial charge in [-0.2, -0.15) is 0 Å². The van der Waals surface area contributed by atoms with Crippen molar-refractivity contribution in [2.75, 3.05) is 38.2 Å². The van der Waals surface area contributed by atoms with Gasteiger partial charge in [0.05, 0.1) is 18.2 Å². The Labute approximate surface area is 249 Å². The van der Waals surface area contributed by atoms with E-state index in [4.69, 9.17) is 22.1 Å². The first-order chi connectivity index (χ1) is 19.6. The molecule has 7 nitrogen and oxygen atoms in total. The summed E-state index contributed by atoms with van der Waals surface area (Å²) in [5, 5.41) is 12.5. The number of halogens is 1. The molecule has 0 radical (unpaired) electrons. The molecular weight excluding hydrogens is 538 g/mol. The highest BCUT2D eigenvalue weighted by Gasteiger charge is 2.47. The minimum atomic E-state index is -2.18. The van der Waals surface area contributed by atoms with Crippen LogP contribution in [0.1, 0.15) is 69.1 Å². The molecule has 3 N–H and O–H groups in total. The molecule has 8 heteroatoms. The van der Waals surface area contributed by atoms with Crippen molar-refractivity contribution in [1.29, 1.82) is 0 Å². The van der Waals surface area contributed by atoms with Gasteiger partial charge in [0.25, 0.3) is 5.91 Å². The zero-order chi connectivity index (χ0) is 29.8. The number of aryl methyl sites for hydroxylation is 1. The number of carbonyl (C=O) groups is 2. The summed E-state index contributed by atoms with van der Waals surface area (Å²) >= 11 is 6.37. The quantitative estimate of drug-likeness (QED) is 0.276. The lowest BCUT2D eigenvalue weighted by atomic mass is 9.70. The van der Waals surface area contributed by atoms with Crippen LogP contribution in [0.5, 0.6) is 5.75 Å². The normalized spacial score (nSPS) is 20.2. The molecule has 1 heterocycles. The van der Waals surface area contributed by atoms with E-state index >= 15 is 0 Å². The van der Waals surface area contributed by atoms with Crippen LogP contribution in [0.15, 0.2) is 49.1 Å². The number of amides is 2. The Morgan fingerprint density at radius 2 is 2.05 bits per heavy atom. The highest BCUT2D eigenvalue weighted by Crippen LogP contribution is 2.46. The Bertz CT molecular complexity index is 1280. The highest BCUT2D eigenvalue weighted by atomic mass is 35.5. The first-order valence-corrected chi connectivity index (χ1v) is 15.1. The third-order valence-corrected chi connectivity index (χ3v) is 9.27. The van der Waals surface area contributed by atoms with E-state index in [1.807, 2.05) is 19.1 Å². The van der Waals surface area contributed by atoms with Gasteiger partial charge in [-0.3, -0.25) is 9.59 Å². The van der Waals surface area contributed by atoms with Crippen LogP contribution in [0.3, 0.4) is 0 Å². The fraction of sp³-hybridized carbons (Fsp3) is 0.515. The van der Waals surface area contributed by atoms with E-state index in [1.54, 1.807) is 32.2 Å². The summed E-state index contributed by atoms with van der Waals surface area (Å²) in [5.74, 6) is -1.68. The summed E-state index contributed by atoms with van der Waals surface area (Å²) < 4.78 is 6.53. The first-order valence-electron chi connectivity index (χ1n) is 14.8. The molecule has 0 fully saturated rings. The van der Waals surface area contributed by atoms with Gasteiger partial charge in [0, 0.05) is 37.1 Å². The predicted octanol–water partition coefficient (Wildman–Crippen LogP) is 5.35. The number of carbonyl (C=O) groups excluding carboxylic acids is 2. The Morgan fingerprint density at radius 3 is 2.76 bits per heavy atom. The van der Waals surface area contributed by atoms with E-state index in [-0.39, 0.29) is 11.3 Å². The number of nitrogens with zero attached hydrogens (tertiary/aromatic N) is 2. The molecule has 1 unspecified atom stereocenters. The maximum absolute atomic E-state index is 13.1. The smallest absolute Gasteiger partial charge is 0.254 e. The van der Waals surface area contributed by atoms with Crippen molar-refractivity contribution < 1.29 is 19.4 Å². The molecule has 4 rings (SSSR count). The fourth-order valence-electron chi connectivity index (χ4n) is 6.43. The van der Waals surface area contributed by atoms with E-state index in [0.29, 0.717) is 24.5 Å². The van der Waals surface area contributed by atoms with Crippen molar-refractivity contribution in [3.8, 4) is 5.75 Å². The highest BCUT2D eigenvalue weighted by molar-refractivity contribution is 6.30. The summed E-state index contributed by atoms with van der Waals surface area (Å²) in [5.41, 5.74) is 7.02. The number of anilines is 1. The summed E-state index contributed by atoms with van der Waals surface area (Å²) in [6.07, 6.45) is 9.02. The SMILES string of the molecule is C=CCCCCCN1C[C@@]2(CCCc3cc(Cl)ccc32)COc2ccc(C(O)(C(N)=O)[C@H](C)C(=O)N(C)CC)cc21. The predicted molar refractivity (Wildman–Crippen MR) is 164 cm³/mol. The number of benzene rings is 2. The Morgan fingerprint density at radius 1 is 1.27 bits per heavy atom. The number of unbranched alkanes of at least 4 members (excludes halogenated alkanes) is 3. The molecule has 41 heavy (non-hydrogen) atoms. The van der Waals surface area contributed by atoms with Crippen molar-refractivity contribution in [1.82, 2.24) is 4.90 Å².